The van der Waals surface area contributed by atoms with Crippen LogP contribution in [0.4, 0.5) is 4.39 Å². The highest BCUT2D eigenvalue weighted by atomic mass is 32.2. The number of thioether (sulfide) groups is 1. The quantitative estimate of drug-likeness (QED) is 0.931. The number of hydrogen-bond acceptors (Lipinski definition) is 3. The molecule has 1 fully saturated rings. The second kappa shape index (κ2) is 5.83. The van der Waals surface area contributed by atoms with E-state index < -0.39 is 23.7 Å². The fourth-order valence-electron chi connectivity index (χ4n) is 2.26. The Balaban J connectivity index is 2.34. The Morgan fingerprint density at radius 3 is 2.70 bits per heavy atom. The molecule has 0 saturated carbocycles. The average molecular weight is 297 g/mol. The van der Waals surface area contributed by atoms with E-state index in [1.54, 1.807) is 0 Å². The van der Waals surface area contributed by atoms with E-state index in [0.717, 1.165) is 6.07 Å². The highest BCUT2D eigenvalue weighted by Gasteiger charge is 2.43. The van der Waals surface area contributed by atoms with Crippen molar-refractivity contribution in [3.8, 4) is 0 Å². The molecule has 1 aliphatic heterocycles. The van der Waals surface area contributed by atoms with Crippen LogP contribution in [0.5, 0.6) is 0 Å². The number of benzene rings is 1. The summed E-state index contributed by atoms with van der Waals surface area (Å²) in [4.78, 5) is 25.2. The van der Waals surface area contributed by atoms with Crippen LogP contribution in [0, 0.1) is 11.7 Å². The number of carboxylic acids is 1. The van der Waals surface area contributed by atoms with Crippen LogP contribution in [-0.4, -0.2) is 39.1 Å². The smallest absolute Gasteiger partial charge is 0.327 e. The molecule has 1 heterocycles. The van der Waals surface area contributed by atoms with E-state index in [4.69, 9.17) is 0 Å². The molecule has 4 nitrogen and oxygen atoms in total. The molecule has 0 radical (unpaired) electrons. The van der Waals surface area contributed by atoms with Crippen LogP contribution in [0.2, 0.25) is 0 Å². The Kier molecular flexibility index (Phi) is 4.32. The number of carbonyl (C=O) groups excluding carboxylic acids is 1. The lowest BCUT2D eigenvalue weighted by Crippen LogP contribution is -2.47. The van der Waals surface area contributed by atoms with Crippen molar-refractivity contribution in [2.45, 2.75) is 25.3 Å². The minimum Gasteiger partial charge on any atom is -0.480 e. The number of halogens is 1. The highest BCUT2D eigenvalue weighted by molar-refractivity contribution is 8.00. The minimum absolute atomic E-state index is 0.127. The van der Waals surface area contributed by atoms with Gasteiger partial charge in [0.2, 0.25) is 0 Å². The molecule has 1 saturated heterocycles. The van der Waals surface area contributed by atoms with Crippen LogP contribution in [0.15, 0.2) is 24.3 Å². The maximum Gasteiger partial charge on any atom is 0.327 e. The summed E-state index contributed by atoms with van der Waals surface area (Å²) < 4.78 is 13.2. The number of rotatable bonds is 3. The van der Waals surface area contributed by atoms with E-state index in [-0.39, 0.29) is 16.9 Å². The van der Waals surface area contributed by atoms with Crippen molar-refractivity contribution >= 4 is 23.6 Å². The molecule has 108 valence electrons. The summed E-state index contributed by atoms with van der Waals surface area (Å²) in [6.07, 6.45) is 0. The van der Waals surface area contributed by atoms with Gasteiger partial charge in [-0.25, -0.2) is 9.18 Å². The average Bonchev–Trinajstić information content (AvgIpc) is 2.82. The maximum atomic E-state index is 13.2. The van der Waals surface area contributed by atoms with Gasteiger partial charge in [0.25, 0.3) is 5.91 Å². The minimum atomic E-state index is -1.02. The van der Waals surface area contributed by atoms with Crippen molar-refractivity contribution in [3.63, 3.8) is 0 Å². The van der Waals surface area contributed by atoms with Gasteiger partial charge in [0.15, 0.2) is 0 Å². The van der Waals surface area contributed by atoms with E-state index in [0.29, 0.717) is 5.75 Å². The number of hydrogen-bond donors (Lipinski definition) is 1. The number of aliphatic carboxylic acids is 1. The van der Waals surface area contributed by atoms with Gasteiger partial charge in [0.1, 0.15) is 11.9 Å². The Bertz CT molecular complexity index is 535. The zero-order valence-electron chi connectivity index (χ0n) is 11.2. The van der Waals surface area contributed by atoms with Crippen LogP contribution in [0.25, 0.3) is 0 Å². The monoisotopic (exact) mass is 297 g/mol. The molecule has 0 unspecified atom stereocenters. The van der Waals surface area contributed by atoms with Gasteiger partial charge in [-0.05, 0) is 24.1 Å². The first-order valence-corrected chi connectivity index (χ1v) is 7.39. The fourth-order valence-corrected chi connectivity index (χ4v) is 3.73. The number of carboxylic acid groups (broad SMARTS) is 1. The van der Waals surface area contributed by atoms with E-state index in [9.17, 15) is 19.1 Å². The van der Waals surface area contributed by atoms with Gasteiger partial charge in [0, 0.05) is 11.3 Å². The van der Waals surface area contributed by atoms with Crippen LogP contribution in [-0.2, 0) is 4.79 Å². The second-order valence-corrected chi connectivity index (χ2v) is 6.19. The Hall–Kier alpha value is -1.56. The van der Waals surface area contributed by atoms with E-state index >= 15 is 0 Å². The first-order valence-electron chi connectivity index (χ1n) is 6.34. The predicted octanol–water partition coefficient (Wildman–Crippen LogP) is 2.45. The van der Waals surface area contributed by atoms with Crippen LogP contribution >= 0.6 is 11.8 Å². The third-order valence-electron chi connectivity index (χ3n) is 3.20. The van der Waals surface area contributed by atoms with Crippen LogP contribution in [0.3, 0.4) is 0 Å². The van der Waals surface area contributed by atoms with Crippen LogP contribution < -0.4 is 0 Å². The molecule has 20 heavy (non-hydrogen) atoms. The predicted molar refractivity (Wildman–Crippen MR) is 75.1 cm³/mol. The fraction of sp³-hybridized carbons (Fsp3) is 0.429. The molecule has 1 aromatic rings. The molecular weight excluding hydrogens is 281 g/mol. The Labute approximate surface area is 121 Å². The number of carbonyl (C=O) groups is 2. The van der Waals surface area contributed by atoms with Crippen molar-refractivity contribution < 1.29 is 19.1 Å². The van der Waals surface area contributed by atoms with E-state index in [1.807, 2.05) is 13.8 Å². The van der Waals surface area contributed by atoms with Gasteiger partial charge in [-0.2, -0.15) is 0 Å². The van der Waals surface area contributed by atoms with Crippen molar-refractivity contribution in [2.75, 3.05) is 5.75 Å². The normalized spacial score (nSPS) is 22.3. The van der Waals surface area contributed by atoms with Crippen molar-refractivity contribution in [2.24, 2.45) is 5.92 Å². The molecule has 0 aliphatic carbocycles. The van der Waals surface area contributed by atoms with Crippen molar-refractivity contribution in [1.82, 2.24) is 4.90 Å². The third-order valence-corrected chi connectivity index (χ3v) is 4.82. The molecule has 1 aromatic carbocycles. The zero-order chi connectivity index (χ0) is 14.9. The first-order chi connectivity index (χ1) is 9.41. The van der Waals surface area contributed by atoms with Gasteiger partial charge < -0.3 is 10.0 Å². The Morgan fingerprint density at radius 2 is 2.15 bits per heavy atom. The standard InChI is InChI=1S/C14H16FNO3S/c1-8(2)13-16(11(7-20-13)14(18)19)12(17)9-4-3-5-10(15)6-9/h3-6,8,11,13H,7H2,1-2H3,(H,18,19)/t11-,13-/m1/s1. The molecule has 1 amide bonds. The van der Waals surface area contributed by atoms with Gasteiger partial charge >= 0.3 is 5.97 Å². The number of nitrogens with zero attached hydrogens (tertiary/aromatic N) is 1. The van der Waals surface area contributed by atoms with Gasteiger partial charge in [0.05, 0.1) is 5.37 Å². The molecule has 0 aromatic heterocycles. The zero-order valence-corrected chi connectivity index (χ0v) is 12.1. The molecule has 6 heteroatoms. The Morgan fingerprint density at radius 1 is 1.45 bits per heavy atom. The summed E-state index contributed by atoms with van der Waals surface area (Å²) >= 11 is 1.45. The van der Waals surface area contributed by atoms with Gasteiger partial charge in [-0.3, -0.25) is 4.79 Å². The summed E-state index contributed by atoms with van der Waals surface area (Å²) in [5.41, 5.74) is 0.185. The lowest BCUT2D eigenvalue weighted by Gasteiger charge is -2.29. The summed E-state index contributed by atoms with van der Waals surface area (Å²) in [7, 11) is 0. The molecule has 2 rings (SSSR count). The summed E-state index contributed by atoms with van der Waals surface area (Å²) in [5, 5.41) is 9.05. The molecule has 0 bridgehead atoms. The van der Waals surface area contributed by atoms with Gasteiger partial charge in [-0.15, -0.1) is 11.8 Å². The van der Waals surface area contributed by atoms with E-state index in [1.165, 1.54) is 34.9 Å². The first kappa shape index (κ1) is 14.8. The third kappa shape index (κ3) is 2.80. The summed E-state index contributed by atoms with van der Waals surface area (Å²) in [5.74, 6) is -1.47. The van der Waals surface area contributed by atoms with Crippen molar-refractivity contribution in [1.29, 1.82) is 0 Å². The lowest BCUT2D eigenvalue weighted by molar-refractivity contribution is -0.141. The molecule has 1 N–H and O–H groups in total. The summed E-state index contributed by atoms with van der Waals surface area (Å²) in [6.45, 7) is 3.88. The largest absolute Gasteiger partial charge is 0.480 e. The van der Waals surface area contributed by atoms with Crippen LogP contribution in [0.1, 0.15) is 24.2 Å². The SMILES string of the molecule is CC(C)[C@H]1SC[C@H](C(=O)O)N1C(=O)c1cccc(F)c1. The molecular formula is C14H16FNO3S. The molecule has 1 aliphatic rings. The van der Waals surface area contributed by atoms with Gasteiger partial charge in [-0.1, -0.05) is 19.9 Å². The van der Waals surface area contributed by atoms with E-state index in [2.05, 4.69) is 0 Å². The number of amides is 1. The summed E-state index contributed by atoms with van der Waals surface area (Å²) in [6, 6.07) is 4.49. The topological polar surface area (TPSA) is 57.6 Å². The maximum absolute atomic E-state index is 13.2. The lowest BCUT2D eigenvalue weighted by atomic mass is 10.1. The highest BCUT2D eigenvalue weighted by Crippen LogP contribution is 2.35. The second-order valence-electron chi connectivity index (χ2n) is 5.04. The van der Waals surface area contributed by atoms with Crippen molar-refractivity contribution in [3.05, 3.63) is 35.6 Å². The molecule has 0 spiro atoms. The molecule has 2 atom stereocenters.